The molecule has 1 aromatic heterocycles. The number of methoxy groups -OCH3 is 1. The van der Waals surface area contributed by atoms with Crippen LogP contribution in [0.25, 0.3) is 0 Å². The van der Waals surface area contributed by atoms with E-state index < -0.39 is 0 Å². The average Bonchev–Trinajstić information content (AvgIpc) is 3.20. The second-order valence-electron chi connectivity index (χ2n) is 6.94. The maximum atomic E-state index is 12.7. The Kier molecular flexibility index (Phi) is 6.11. The van der Waals surface area contributed by atoms with Gasteiger partial charge >= 0.3 is 0 Å². The first-order valence-electron chi connectivity index (χ1n) is 9.28. The monoisotopic (exact) mass is 370 g/mol. The first kappa shape index (κ1) is 18.9. The van der Waals surface area contributed by atoms with Gasteiger partial charge in [0.1, 0.15) is 5.75 Å². The molecule has 0 aliphatic carbocycles. The van der Waals surface area contributed by atoms with Gasteiger partial charge in [0.2, 0.25) is 5.91 Å². The number of nitrogens with zero attached hydrogens (tertiary/aromatic N) is 3. The van der Waals surface area contributed by atoms with E-state index in [9.17, 15) is 9.59 Å². The summed E-state index contributed by atoms with van der Waals surface area (Å²) >= 11 is 0. The third-order valence-corrected chi connectivity index (χ3v) is 4.88. The standard InChI is InChI=1S/C20H26N4O3/c1-15(14-24-10-4-9-21-24)22-19(25)16-7-11-23(12-8-16)20(26)17-5-3-6-18(13-17)27-2/h3-6,9-10,13,15-16H,7-8,11-12,14H2,1-2H3,(H,22,25)/t15-/m1/s1. The van der Waals surface area contributed by atoms with Crippen LogP contribution in [0.1, 0.15) is 30.1 Å². The molecule has 1 atom stereocenters. The van der Waals surface area contributed by atoms with Crippen molar-refractivity contribution in [1.29, 1.82) is 0 Å². The number of ether oxygens (including phenoxy) is 1. The molecule has 7 nitrogen and oxygen atoms in total. The van der Waals surface area contributed by atoms with Crippen LogP contribution in [0, 0.1) is 5.92 Å². The van der Waals surface area contributed by atoms with Gasteiger partial charge in [0.15, 0.2) is 0 Å². The molecule has 1 N–H and O–H groups in total. The fourth-order valence-corrected chi connectivity index (χ4v) is 3.38. The Bertz CT molecular complexity index is 767. The molecule has 0 radical (unpaired) electrons. The number of likely N-dealkylation sites (tertiary alicyclic amines) is 1. The van der Waals surface area contributed by atoms with Crippen molar-refractivity contribution < 1.29 is 14.3 Å². The molecule has 3 rings (SSSR count). The summed E-state index contributed by atoms with van der Waals surface area (Å²) in [7, 11) is 1.58. The van der Waals surface area contributed by atoms with Gasteiger partial charge in [0.25, 0.3) is 5.91 Å². The molecule has 1 saturated heterocycles. The predicted octanol–water partition coefficient (Wildman–Crippen LogP) is 1.95. The predicted molar refractivity (Wildman–Crippen MR) is 101 cm³/mol. The largest absolute Gasteiger partial charge is 0.497 e. The van der Waals surface area contributed by atoms with E-state index in [0.29, 0.717) is 43.8 Å². The van der Waals surface area contributed by atoms with Gasteiger partial charge in [-0.3, -0.25) is 14.3 Å². The van der Waals surface area contributed by atoms with Gasteiger partial charge in [-0.2, -0.15) is 5.10 Å². The molecule has 1 aliphatic rings. The van der Waals surface area contributed by atoms with E-state index in [2.05, 4.69) is 10.4 Å². The zero-order valence-electron chi connectivity index (χ0n) is 15.8. The Hall–Kier alpha value is -2.83. The summed E-state index contributed by atoms with van der Waals surface area (Å²) in [6.45, 7) is 3.79. The number of piperidine rings is 1. The Labute approximate surface area is 159 Å². The summed E-state index contributed by atoms with van der Waals surface area (Å²) < 4.78 is 6.99. The van der Waals surface area contributed by atoms with E-state index in [1.165, 1.54) is 0 Å². The summed E-state index contributed by atoms with van der Waals surface area (Å²) in [5, 5.41) is 7.22. The second kappa shape index (κ2) is 8.70. The molecule has 1 aromatic carbocycles. The van der Waals surface area contributed by atoms with Crippen LogP contribution < -0.4 is 10.1 Å². The van der Waals surface area contributed by atoms with Crippen LogP contribution in [0.2, 0.25) is 0 Å². The number of hydrogen-bond donors (Lipinski definition) is 1. The molecule has 2 heterocycles. The van der Waals surface area contributed by atoms with E-state index >= 15 is 0 Å². The van der Waals surface area contributed by atoms with E-state index in [-0.39, 0.29) is 23.8 Å². The molecule has 7 heteroatoms. The quantitative estimate of drug-likeness (QED) is 0.843. The van der Waals surface area contributed by atoms with E-state index in [1.54, 1.807) is 30.1 Å². The van der Waals surface area contributed by atoms with Crippen molar-refractivity contribution in [2.45, 2.75) is 32.4 Å². The Balaban J connectivity index is 1.49. The van der Waals surface area contributed by atoms with Crippen molar-refractivity contribution in [3.63, 3.8) is 0 Å². The van der Waals surface area contributed by atoms with Gasteiger partial charge in [-0.25, -0.2) is 0 Å². The van der Waals surface area contributed by atoms with Crippen molar-refractivity contribution in [2.24, 2.45) is 5.92 Å². The Morgan fingerprint density at radius 3 is 2.74 bits per heavy atom. The number of carbonyl (C=O) groups excluding carboxylic acids is 2. The number of aromatic nitrogens is 2. The minimum atomic E-state index is -0.0561. The molecule has 0 saturated carbocycles. The molecular weight excluding hydrogens is 344 g/mol. The van der Waals surface area contributed by atoms with Crippen molar-refractivity contribution in [1.82, 2.24) is 20.0 Å². The maximum absolute atomic E-state index is 12.7. The lowest BCUT2D eigenvalue weighted by atomic mass is 9.95. The van der Waals surface area contributed by atoms with Crippen molar-refractivity contribution in [3.05, 3.63) is 48.3 Å². The lowest BCUT2D eigenvalue weighted by molar-refractivity contribution is -0.127. The SMILES string of the molecule is COc1cccc(C(=O)N2CCC(C(=O)N[C@H](C)Cn3cccn3)CC2)c1. The van der Waals surface area contributed by atoms with Crippen LogP contribution >= 0.6 is 0 Å². The highest BCUT2D eigenvalue weighted by atomic mass is 16.5. The van der Waals surface area contributed by atoms with Crippen molar-refractivity contribution in [2.75, 3.05) is 20.2 Å². The number of carbonyl (C=O) groups is 2. The summed E-state index contributed by atoms with van der Waals surface area (Å²) in [5.41, 5.74) is 0.616. The van der Waals surface area contributed by atoms with Crippen molar-refractivity contribution in [3.8, 4) is 5.75 Å². The fourth-order valence-electron chi connectivity index (χ4n) is 3.38. The number of hydrogen-bond acceptors (Lipinski definition) is 4. The molecule has 0 bridgehead atoms. The van der Waals surface area contributed by atoms with Gasteiger partial charge in [-0.1, -0.05) is 6.07 Å². The normalized spacial score (nSPS) is 16.0. The van der Waals surface area contributed by atoms with Gasteiger partial charge in [-0.15, -0.1) is 0 Å². The lowest BCUT2D eigenvalue weighted by Crippen LogP contribution is -2.45. The van der Waals surface area contributed by atoms with Crippen LogP contribution in [0.15, 0.2) is 42.7 Å². The molecule has 2 aromatic rings. The van der Waals surface area contributed by atoms with Gasteiger partial charge in [0.05, 0.1) is 13.7 Å². The van der Waals surface area contributed by atoms with Crippen LogP contribution in [0.3, 0.4) is 0 Å². The highest BCUT2D eigenvalue weighted by Crippen LogP contribution is 2.21. The van der Waals surface area contributed by atoms with Crippen LogP contribution in [-0.4, -0.2) is 52.7 Å². The number of rotatable bonds is 6. The highest BCUT2D eigenvalue weighted by Gasteiger charge is 2.28. The first-order valence-corrected chi connectivity index (χ1v) is 9.28. The molecule has 1 fully saturated rings. The molecule has 2 amide bonds. The summed E-state index contributed by atoms with van der Waals surface area (Å²) in [5.74, 6) is 0.656. The van der Waals surface area contributed by atoms with Gasteiger partial charge in [-0.05, 0) is 44.0 Å². The number of amides is 2. The molecule has 144 valence electrons. The highest BCUT2D eigenvalue weighted by molar-refractivity contribution is 5.94. The molecular formula is C20H26N4O3. The van der Waals surface area contributed by atoms with Gasteiger partial charge in [0, 0.05) is 43.0 Å². The third kappa shape index (κ3) is 4.87. The fraction of sp³-hybridized carbons (Fsp3) is 0.450. The van der Waals surface area contributed by atoms with Crippen LogP contribution in [0.5, 0.6) is 5.75 Å². The van der Waals surface area contributed by atoms with E-state index in [1.807, 2.05) is 36.2 Å². The molecule has 0 spiro atoms. The molecule has 27 heavy (non-hydrogen) atoms. The number of benzene rings is 1. The van der Waals surface area contributed by atoms with E-state index in [0.717, 1.165) is 0 Å². The minimum absolute atomic E-state index is 0.00819. The van der Waals surface area contributed by atoms with Gasteiger partial charge < -0.3 is 15.0 Å². The third-order valence-electron chi connectivity index (χ3n) is 4.88. The molecule has 0 unspecified atom stereocenters. The zero-order valence-corrected chi connectivity index (χ0v) is 15.8. The summed E-state index contributed by atoms with van der Waals surface area (Å²) in [4.78, 5) is 27.0. The van der Waals surface area contributed by atoms with Crippen LogP contribution in [-0.2, 0) is 11.3 Å². The minimum Gasteiger partial charge on any atom is -0.497 e. The van der Waals surface area contributed by atoms with E-state index in [4.69, 9.17) is 4.74 Å². The molecule has 1 aliphatic heterocycles. The first-order chi connectivity index (χ1) is 13.1. The summed E-state index contributed by atoms with van der Waals surface area (Å²) in [6.07, 6.45) is 4.96. The Morgan fingerprint density at radius 1 is 1.30 bits per heavy atom. The number of nitrogens with one attached hydrogen (secondary N) is 1. The van der Waals surface area contributed by atoms with Crippen LogP contribution in [0.4, 0.5) is 0 Å². The lowest BCUT2D eigenvalue weighted by Gasteiger charge is -2.32. The smallest absolute Gasteiger partial charge is 0.253 e. The van der Waals surface area contributed by atoms with Crippen molar-refractivity contribution >= 4 is 11.8 Å². The Morgan fingerprint density at radius 2 is 2.07 bits per heavy atom. The summed E-state index contributed by atoms with van der Waals surface area (Å²) in [6, 6.07) is 9.04. The zero-order chi connectivity index (χ0) is 19.2. The second-order valence-corrected chi connectivity index (χ2v) is 6.94. The average molecular weight is 370 g/mol. The maximum Gasteiger partial charge on any atom is 0.253 e. The topological polar surface area (TPSA) is 76.5 Å².